The molecule has 2 aromatic rings. The Kier molecular flexibility index (Phi) is 4.68. The number of carbonyl (C=O) groups is 1. The summed E-state index contributed by atoms with van der Waals surface area (Å²) in [5.41, 5.74) is 1.61. The van der Waals surface area contributed by atoms with Gasteiger partial charge in [-0.3, -0.25) is 4.79 Å². The fourth-order valence-electron chi connectivity index (χ4n) is 1.68. The van der Waals surface area contributed by atoms with Crippen molar-refractivity contribution in [3.63, 3.8) is 0 Å². The van der Waals surface area contributed by atoms with Gasteiger partial charge < -0.3 is 9.47 Å². The first kappa shape index (κ1) is 14.5. The Hall–Kier alpha value is -1.95. The lowest BCUT2D eigenvalue weighted by molar-refractivity contribution is -0.140. The van der Waals surface area contributed by atoms with Gasteiger partial charge in [0.2, 0.25) is 0 Å². The normalized spacial score (nSPS) is 10.3. The molecule has 0 N–H and O–H groups in total. The van der Waals surface area contributed by atoms with E-state index in [2.05, 4.69) is 9.72 Å². The second-order valence-electron chi connectivity index (χ2n) is 4.07. The standard InChI is InChI=1S/C14H14FNO3S/c1-18-12-7-9(3-5-11(12)15)14-16-10(8-20-14)4-6-13(17)19-2/h3,5,7-8H,4,6H2,1-2H3. The van der Waals surface area contributed by atoms with E-state index in [9.17, 15) is 9.18 Å². The van der Waals surface area contributed by atoms with Crippen LogP contribution in [-0.4, -0.2) is 25.2 Å². The number of aromatic nitrogens is 1. The second kappa shape index (κ2) is 6.47. The third kappa shape index (κ3) is 3.33. The molecule has 20 heavy (non-hydrogen) atoms. The van der Waals surface area contributed by atoms with Crippen LogP contribution < -0.4 is 4.74 Å². The molecule has 0 spiro atoms. The van der Waals surface area contributed by atoms with E-state index in [1.54, 1.807) is 12.1 Å². The molecule has 0 bridgehead atoms. The lowest BCUT2D eigenvalue weighted by Crippen LogP contribution is -2.01. The first-order chi connectivity index (χ1) is 9.63. The van der Waals surface area contributed by atoms with Crippen LogP contribution in [0.3, 0.4) is 0 Å². The van der Waals surface area contributed by atoms with Gasteiger partial charge in [-0.1, -0.05) is 0 Å². The van der Waals surface area contributed by atoms with Crippen LogP contribution in [-0.2, 0) is 16.0 Å². The van der Waals surface area contributed by atoms with E-state index in [-0.39, 0.29) is 11.7 Å². The summed E-state index contributed by atoms with van der Waals surface area (Å²) in [5, 5.41) is 2.65. The summed E-state index contributed by atoms with van der Waals surface area (Å²) in [6, 6.07) is 4.61. The molecule has 0 aliphatic rings. The fraction of sp³-hybridized carbons (Fsp3) is 0.286. The van der Waals surface area contributed by atoms with Gasteiger partial charge >= 0.3 is 5.97 Å². The Morgan fingerprint density at radius 1 is 1.40 bits per heavy atom. The quantitative estimate of drug-likeness (QED) is 0.795. The maximum absolute atomic E-state index is 13.3. The Bertz CT molecular complexity index is 612. The zero-order valence-electron chi connectivity index (χ0n) is 11.2. The van der Waals surface area contributed by atoms with Crippen LogP contribution in [0.5, 0.6) is 5.75 Å². The maximum atomic E-state index is 13.3. The summed E-state index contributed by atoms with van der Waals surface area (Å²) in [7, 11) is 2.78. The van der Waals surface area contributed by atoms with Crippen molar-refractivity contribution in [2.24, 2.45) is 0 Å². The molecule has 0 amide bonds. The van der Waals surface area contributed by atoms with E-state index in [0.29, 0.717) is 12.8 Å². The van der Waals surface area contributed by atoms with Crippen molar-refractivity contribution in [2.45, 2.75) is 12.8 Å². The minimum Gasteiger partial charge on any atom is -0.494 e. The monoisotopic (exact) mass is 295 g/mol. The van der Waals surface area contributed by atoms with Crippen LogP contribution in [0.2, 0.25) is 0 Å². The van der Waals surface area contributed by atoms with E-state index in [1.165, 1.54) is 31.6 Å². The van der Waals surface area contributed by atoms with Crippen molar-refractivity contribution in [1.82, 2.24) is 4.98 Å². The Morgan fingerprint density at radius 2 is 2.20 bits per heavy atom. The molecule has 0 aliphatic carbocycles. The van der Waals surface area contributed by atoms with Crippen LogP contribution in [0, 0.1) is 5.82 Å². The highest BCUT2D eigenvalue weighted by atomic mass is 32.1. The van der Waals surface area contributed by atoms with Gasteiger partial charge in [-0.2, -0.15) is 0 Å². The van der Waals surface area contributed by atoms with Gasteiger partial charge in [0, 0.05) is 17.4 Å². The van der Waals surface area contributed by atoms with Crippen LogP contribution in [0.1, 0.15) is 12.1 Å². The molecule has 0 radical (unpaired) electrons. The highest BCUT2D eigenvalue weighted by molar-refractivity contribution is 7.13. The minimum absolute atomic E-state index is 0.189. The molecule has 1 heterocycles. The summed E-state index contributed by atoms with van der Waals surface area (Å²) in [6.45, 7) is 0. The van der Waals surface area contributed by atoms with Crippen molar-refractivity contribution in [1.29, 1.82) is 0 Å². The molecule has 0 saturated heterocycles. The first-order valence-electron chi connectivity index (χ1n) is 5.99. The third-order valence-corrected chi connectivity index (χ3v) is 3.70. The lowest BCUT2D eigenvalue weighted by atomic mass is 10.2. The van der Waals surface area contributed by atoms with Crippen molar-refractivity contribution in [2.75, 3.05) is 14.2 Å². The predicted molar refractivity (Wildman–Crippen MR) is 74.4 cm³/mol. The number of rotatable bonds is 5. The molecule has 1 aromatic heterocycles. The number of halogens is 1. The van der Waals surface area contributed by atoms with Gasteiger partial charge in [0.1, 0.15) is 5.01 Å². The number of esters is 1. The Balaban J connectivity index is 2.14. The number of carbonyl (C=O) groups excluding carboxylic acids is 1. The van der Waals surface area contributed by atoms with Crippen molar-refractivity contribution < 1.29 is 18.7 Å². The highest BCUT2D eigenvalue weighted by Crippen LogP contribution is 2.28. The van der Waals surface area contributed by atoms with Gasteiger partial charge in [0.15, 0.2) is 11.6 Å². The average molecular weight is 295 g/mol. The summed E-state index contributed by atoms with van der Waals surface area (Å²) in [4.78, 5) is 15.5. The number of hydrogen-bond donors (Lipinski definition) is 0. The van der Waals surface area contributed by atoms with Crippen molar-refractivity contribution in [3.8, 4) is 16.3 Å². The third-order valence-electron chi connectivity index (χ3n) is 2.76. The molecule has 0 atom stereocenters. The number of hydrogen-bond acceptors (Lipinski definition) is 5. The van der Waals surface area contributed by atoms with Gasteiger partial charge in [0.05, 0.1) is 26.3 Å². The van der Waals surface area contributed by atoms with E-state index in [1.807, 2.05) is 5.38 Å². The molecule has 1 aromatic carbocycles. The highest BCUT2D eigenvalue weighted by Gasteiger charge is 2.10. The largest absolute Gasteiger partial charge is 0.494 e. The number of methoxy groups -OCH3 is 2. The molecule has 4 nitrogen and oxygen atoms in total. The SMILES string of the molecule is COC(=O)CCc1csc(-c2ccc(F)c(OC)c2)n1. The predicted octanol–water partition coefficient (Wildman–Crippen LogP) is 3.06. The summed E-state index contributed by atoms with van der Waals surface area (Å²) >= 11 is 1.45. The Labute approximate surface area is 120 Å². The molecule has 2 rings (SSSR count). The maximum Gasteiger partial charge on any atom is 0.305 e. The van der Waals surface area contributed by atoms with Gasteiger partial charge in [0.25, 0.3) is 0 Å². The van der Waals surface area contributed by atoms with E-state index in [0.717, 1.165) is 16.3 Å². The van der Waals surface area contributed by atoms with E-state index >= 15 is 0 Å². The Morgan fingerprint density at radius 3 is 2.90 bits per heavy atom. The summed E-state index contributed by atoms with van der Waals surface area (Å²) < 4.78 is 22.9. The van der Waals surface area contributed by atoms with E-state index < -0.39 is 5.82 Å². The molecule has 0 aliphatic heterocycles. The molecule has 0 fully saturated rings. The van der Waals surface area contributed by atoms with Gasteiger partial charge in [-0.05, 0) is 18.2 Å². The molecule has 6 heteroatoms. The minimum atomic E-state index is -0.404. The van der Waals surface area contributed by atoms with Gasteiger partial charge in [-0.15, -0.1) is 11.3 Å². The van der Waals surface area contributed by atoms with Crippen molar-refractivity contribution in [3.05, 3.63) is 35.1 Å². The number of thiazole rings is 1. The van der Waals surface area contributed by atoms with Crippen LogP contribution in [0.4, 0.5) is 4.39 Å². The fourth-order valence-corrected chi connectivity index (χ4v) is 2.53. The van der Waals surface area contributed by atoms with Crippen LogP contribution in [0.25, 0.3) is 10.6 Å². The lowest BCUT2D eigenvalue weighted by Gasteiger charge is -2.03. The average Bonchev–Trinajstić information content (AvgIpc) is 2.94. The molecule has 106 valence electrons. The first-order valence-corrected chi connectivity index (χ1v) is 6.87. The molecular weight excluding hydrogens is 281 g/mol. The molecule has 0 unspecified atom stereocenters. The number of benzene rings is 1. The van der Waals surface area contributed by atoms with Crippen LogP contribution in [0.15, 0.2) is 23.6 Å². The zero-order chi connectivity index (χ0) is 14.5. The van der Waals surface area contributed by atoms with Gasteiger partial charge in [-0.25, -0.2) is 9.37 Å². The van der Waals surface area contributed by atoms with E-state index in [4.69, 9.17) is 4.74 Å². The number of ether oxygens (including phenoxy) is 2. The molecule has 0 saturated carbocycles. The number of aryl methyl sites for hydroxylation is 1. The summed E-state index contributed by atoms with van der Waals surface area (Å²) in [5.74, 6) is -0.476. The zero-order valence-corrected chi connectivity index (χ0v) is 12.0. The molecular formula is C14H14FNO3S. The topological polar surface area (TPSA) is 48.4 Å². The van der Waals surface area contributed by atoms with Crippen LogP contribution >= 0.6 is 11.3 Å². The smallest absolute Gasteiger partial charge is 0.305 e. The second-order valence-corrected chi connectivity index (χ2v) is 4.93. The van der Waals surface area contributed by atoms with Crippen molar-refractivity contribution >= 4 is 17.3 Å². The summed E-state index contributed by atoms with van der Waals surface area (Å²) in [6.07, 6.45) is 0.827. The number of nitrogens with zero attached hydrogens (tertiary/aromatic N) is 1.